The maximum Gasteiger partial charge on any atom is 0.0324 e. The van der Waals surface area contributed by atoms with E-state index < -0.39 is 0 Å². The third kappa shape index (κ3) is 2.51. The van der Waals surface area contributed by atoms with Gasteiger partial charge >= 0.3 is 0 Å². The van der Waals surface area contributed by atoms with Crippen molar-refractivity contribution in [1.29, 1.82) is 0 Å². The number of alkyl halides is 1. The van der Waals surface area contributed by atoms with Crippen molar-refractivity contribution in [3.63, 3.8) is 0 Å². The monoisotopic (exact) mass is 354 g/mol. The van der Waals surface area contributed by atoms with Crippen LogP contribution in [0.3, 0.4) is 0 Å². The van der Waals surface area contributed by atoms with E-state index in [1.54, 1.807) is 0 Å². The topological polar surface area (TPSA) is 0 Å². The Hall–Kier alpha value is -0.310. The molecule has 3 heteroatoms. The fourth-order valence-corrected chi connectivity index (χ4v) is 5.14. The zero-order valence-corrected chi connectivity index (χ0v) is 13.8. The van der Waals surface area contributed by atoms with E-state index in [2.05, 4.69) is 51.6 Å². The van der Waals surface area contributed by atoms with E-state index in [0.29, 0.717) is 5.88 Å². The van der Waals surface area contributed by atoms with Crippen LogP contribution in [0, 0.1) is 0 Å². The van der Waals surface area contributed by atoms with Crippen molar-refractivity contribution in [2.75, 3.05) is 5.88 Å². The molecule has 0 saturated carbocycles. The fraction of sp³-hybridized carbons (Fsp3) is 0.375. The highest BCUT2D eigenvalue weighted by molar-refractivity contribution is 9.10. The van der Waals surface area contributed by atoms with Crippen LogP contribution in [0.1, 0.15) is 28.8 Å². The minimum absolute atomic E-state index is 0.115. The van der Waals surface area contributed by atoms with Gasteiger partial charge in [0.1, 0.15) is 0 Å². The molecule has 1 aliphatic carbocycles. The van der Waals surface area contributed by atoms with Gasteiger partial charge in [-0.25, -0.2) is 0 Å². The van der Waals surface area contributed by atoms with E-state index >= 15 is 0 Å². The van der Waals surface area contributed by atoms with Gasteiger partial charge in [-0.15, -0.1) is 22.9 Å². The molecule has 1 atom stereocenters. The van der Waals surface area contributed by atoms with Crippen LogP contribution < -0.4 is 0 Å². The van der Waals surface area contributed by atoms with Gasteiger partial charge in [0.05, 0.1) is 0 Å². The molecule has 1 heterocycles. The number of halogens is 2. The molecule has 1 aliphatic rings. The van der Waals surface area contributed by atoms with Gasteiger partial charge in [0.25, 0.3) is 0 Å². The quantitative estimate of drug-likeness (QED) is 0.632. The first-order valence-electron chi connectivity index (χ1n) is 6.61. The Morgan fingerprint density at radius 2 is 2.11 bits per heavy atom. The summed E-state index contributed by atoms with van der Waals surface area (Å²) in [7, 11) is 0. The van der Waals surface area contributed by atoms with Crippen molar-refractivity contribution in [1.82, 2.24) is 0 Å². The summed E-state index contributed by atoms with van der Waals surface area (Å²) in [6.07, 6.45) is 4.68. The summed E-state index contributed by atoms with van der Waals surface area (Å²) in [4.78, 5) is 1.41. The van der Waals surface area contributed by atoms with Gasteiger partial charge in [0.2, 0.25) is 0 Å². The molecular formula is C16H16BrClS. The summed E-state index contributed by atoms with van der Waals surface area (Å²) >= 11 is 11.9. The van der Waals surface area contributed by atoms with Crippen molar-refractivity contribution in [2.45, 2.75) is 31.1 Å². The van der Waals surface area contributed by atoms with Gasteiger partial charge in [-0.1, -0.05) is 24.3 Å². The first-order valence-corrected chi connectivity index (χ1v) is 8.82. The molecule has 0 aliphatic heterocycles. The fourth-order valence-electron chi connectivity index (χ4n) is 3.14. The molecule has 2 aromatic rings. The van der Waals surface area contributed by atoms with Crippen LogP contribution in [0.5, 0.6) is 0 Å². The second kappa shape index (κ2) is 5.59. The summed E-state index contributed by atoms with van der Waals surface area (Å²) in [5.74, 6) is 0.703. The van der Waals surface area contributed by atoms with E-state index in [1.807, 2.05) is 11.3 Å². The van der Waals surface area contributed by atoms with Crippen LogP contribution in [0.15, 0.2) is 40.2 Å². The molecule has 0 bridgehead atoms. The normalized spacial score (nSPS) is 22.2. The number of rotatable bonds is 3. The van der Waals surface area contributed by atoms with E-state index in [9.17, 15) is 0 Å². The summed E-state index contributed by atoms with van der Waals surface area (Å²) < 4.78 is 1.23. The standard InChI is InChI=1S/C16H16BrClS/c17-14-7-9-19-15(14)10-16(11-18)8-3-5-12-4-1-2-6-13(12)16/h1-2,4,6-7,9H,3,5,8,10-11H2. The maximum absolute atomic E-state index is 6.42. The Labute approximate surface area is 131 Å². The molecule has 0 nitrogen and oxygen atoms in total. The highest BCUT2D eigenvalue weighted by atomic mass is 79.9. The first kappa shape index (κ1) is 13.7. The summed E-state index contributed by atoms with van der Waals surface area (Å²) in [5.41, 5.74) is 3.07. The predicted molar refractivity (Wildman–Crippen MR) is 87.5 cm³/mol. The Balaban J connectivity index is 2.03. The van der Waals surface area contributed by atoms with Gasteiger partial charge in [-0.05, 0) is 64.2 Å². The molecular weight excluding hydrogens is 340 g/mol. The lowest BCUT2D eigenvalue weighted by atomic mass is 9.69. The number of hydrogen-bond acceptors (Lipinski definition) is 1. The lowest BCUT2D eigenvalue weighted by Gasteiger charge is -2.37. The predicted octanol–water partition coefficient (Wildman–Crippen LogP) is 5.57. The van der Waals surface area contributed by atoms with E-state index in [1.165, 1.54) is 39.7 Å². The molecule has 0 radical (unpaired) electrons. The number of thiophene rings is 1. The Morgan fingerprint density at radius 1 is 1.26 bits per heavy atom. The molecule has 19 heavy (non-hydrogen) atoms. The minimum atomic E-state index is 0.115. The lowest BCUT2D eigenvalue weighted by Crippen LogP contribution is -2.35. The molecule has 3 rings (SSSR count). The smallest absolute Gasteiger partial charge is 0.0324 e. The lowest BCUT2D eigenvalue weighted by molar-refractivity contribution is 0.398. The second-order valence-corrected chi connectivity index (χ2v) is 7.42. The zero-order valence-electron chi connectivity index (χ0n) is 10.7. The molecule has 0 saturated heterocycles. The number of benzene rings is 1. The van der Waals surface area contributed by atoms with Crippen molar-refractivity contribution in [3.05, 3.63) is 56.2 Å². The average molecular weight is 356 g/mol. The minimum Gasteiger partial charge on any atom is -0.148 e. The third-order valence-corrected chi connectivity index (χ3v) is 6.57. The van der Waals surface area contributed by atoms with Crippen LogP contribution in [-0.2, 0) is 18.3 Å². The Kier molecular flexibility index (Phi) is 4.02. The highest BCUT2D eigenvalue weighted by Gasteiger charge is 2.36. The van der Waals surface area contributed by atoms with Gasteiger partial charge in [0.15, 0.2) is 0 Å². The number of aryl methyl sites for hydroxylation is 1. The Bertz CT molecular complexity index is 578. The summed E-state index contributed by atoms with van der Waals surface area (Å²) in [5, 5.41) is 2.15. The SMILES string of the molecule is ClCC1(Cc2sccc2Br)CCCc2ccccc21. The maximum atomic E-state index is 6.42. The van der Waals surface area contributed by atoms with Crippen molar-refractivity contribution < 1.29 is 0 Å². The van der Waals surface area contributed by atoms with E-state index in [0.717, 1.165) is 6.42 Å². The average Bonchev–Trinajstić information content (AvgIpc) is 2.84. The van der Waals surface area contributed by atoms with Crippen molar-refractivity contribution >= 4 is 38.9 Å². The molecule has 0 N–H and O–H groups in total. The number of fused-ring (bicyclic) bond motifs is 1. The first-order chi connectivity index (χ1) is 9.25. The van der Waals surface area contributed by atoms with Crippen molar-refractivity contribution in [2.24, 2.45) is 0 Å². The third-order valence-electron chi connectivity index (χ3n) is 4.14. The molecule has 0 amide bonds. The second-order valence-electron chi connectivity index (χ2n) is 5.29. The van der Waals surface area contributed by atoms with Crippen LogP contribution >= 0.6 is 38.9 Å². The molecule has 0 spiro atoms. The van der Waals surface area contributed by atoms with Crippen LogP contribution in [-0.4, -0.2) is 5.88 Å². The number of hydrogen-bond donors (Lipinski definition) is 0. The molecule has 0 fully saturated rings. The van der Waals surface area contributed by atoms with E-state index in [4.69, 9.17) is 11.6 Å². The van der Waals surface area contributed by atoms with Gasteiger partial charge in [-0.2, -0.15) is 0 Å². The van der Waals surface area contributed by atoms with E-state index in [-0.39, 0.29) is 5.41 Å². The Morgan fingerprint density at radius 3 is 2.84 bits per heavy atom. The van der Waals surface area contributed by atoms with Gasteiger partial charge in [-0.3, -0.25) is 0 Å². The largest absolute Gasteiger partial charge is 0.148 e. The molecule has 100 valence electrons. The molecule has 1 unspecified atom stereocenters. The summed E-state index contributed by atoms with van der Waals surface area (Å²) in [6, 6.07) is 11.0. The van der Waals surface area contributed by atoms with Gasteiger partial charge in [0, 0.05) is 20.6 Å². The summed E-state index contributed by atoms with van der Waals surface area (Å²) in [6.45, 7) is 0. The highest BCUT2D eigenvalue weighted by Crippen LogP contribution is 2.42. The molecule has 1 aromatic carbocycles. The zero-order chi connectivity index (χ0) is 13.3. The van der Waals surface area contributed by atoms with Crippen molar-refractivity contribution in [3.8, 4) is 0 Å². The van der Waals surface area contributed by atoms with Crippen LogP contribution in [0.4, 0.5) is 0 Å². The van der Waals surface area contributed by atoms with Crippen LogP contribution in [0.2, 0.25) is 0 Å². The van der Waals surface area contributed by atoms with Gasteiger partial charge < -0.3 is 0 Å². The molecule has 1 aromatic heterocycles. The van der Waals surface area contributed by atoms with Crippen LogP contribution in [0.25, 0.3) is 0 Å².